The van der Waals surface area contributed by atoms with E-state index in [9.17, 15) is 9.46 Å². The number of nitrogens with zero attached hydrogens (tertiary/aromatic N) is 1. The third-order valence-electron chi connectivity index (χ3n) is 2.05. The maximum absolute atomic E-state index is 11.8. The average molecular weight is 293 g/mol. The van der Waals surface area contributed by atoms with Gasteiger partial charge in [0.2, 0.25) is 0 Å². The zero-order valence-electron chi connectivity index (χ0n) is 11.2. The van der Waals surface area contributed by atoms with Gasteiger partial charge in [0.05, 0.1) is 6.54 Å². The topological polar surface area (TPSA) is 59.0 Å². The second-order valence-electron chi connectivity index (χ2n) is 3.64. The molecule has 6 heteroatoms. The number of rotatable bonds is 6. The first-order chi connectivity index (χ1) is 9.57. The molecule has 106 valence electrons. The van der Waals surface area contributed by atoms with Crippen molar-refractivity contribution < 1.29 is 18.6 Å². The predicted molar refractivity (Wildman–Crippen MR) is 76.2 cm³/mol. The lowest BCUT2D eigenvalue weighted by Gasteiger charge is -2.18. The molecule has 0 aliphatic rings. The van der Waals surface area contributed by atoms with Gasteiger partial charge in [-0.3, -0.25) is 4.89 Å². The highest BCUT2D eigenvalue weighted by molar-refractivity contribution is 7.47. The van der Waals surface area contributed by atoms with Crippen molar-refractivity contribution in [2.45, 2.75) is 19.8 Å². The lowest BCUT2D eigenvalue weighted by Crippen LogP contribution is -2.17. The minimum absolute atomic E-state index is 0.245. The van der Waals surface area contributed by atoms with Crippen molar-refractivity contribution in [3.63, 3.8) is 0 Å². The first kappa shape index (κ1) is 16.1. The van der Waals surface area contributed by atoms with Crippen LogP contribution in [0.1, 0.15) is 19.8 Å². The maximum atomic E-state index is 11.8. The lowest BCUT2D eigenvalue weighted by molar-refractivity contribution is -0.0181. The molecule has 0 saturated heterocycles. The Bertz CT molecular complexity index is 556. The van der Waals surface area contributed by atoms with E-state index in [4.69, 9.17) is 15.6 Å². The van der Waals surface area contributed by atoms with Gasteiger partial charge in [-0.15, -0.1) is 17.0 Å². The molecule has 20 heavy (non-hydrogen) atoms. The number of phosphoric ester groups is 1. The number of para-hydroxylation sites is 1. The van der Waals surface area contributed by atoms with Crippen LogP contribution in [0.5, 0.6) is 5.75 Å². The van der Waals surface area contributed by atoms with Crippen LogP contribution in [0.3, 0.4) is 0 Å². The minimum Gasteiger partial charge on any atom is -0.403 e. The second kappa shape index (κ2) is 8.30. The first-order valence-electron chi connectivity index (χ1n) is 6.04. The molecule has 1 aromatic carbocycles. The average Bonchev–Trinajstić information content (AvgIpc) is 2.42. The highest BCUT2D eigenvalue weighted by atomic mass is 31.2. The molecule has 0 aliphatic heterocycles. The van der Waals surface area contributed by atoms with Gasteiger partial charge < -0.3 is 4.52 Å². The molecular weight excluding hydrogens is 277 g/mol. The van der Waals surface area contributed by atoms with Gasteiger partial charge in [-0.25, -0.2) is 4.57 Å². The van der Waals surface area contributed by atoms with Gasteiger partial charge in [-0.05, 0) is 19.1 Å². The van der Waals surface area contributed by atoms with E-state index in [1.165, 1.54) is 0 Å². The Kier molecular flexibility index (Phi) is 6.70. The Balaban J connectivity index is 2.60. The monoisotopic (exact) mass is 293 g/mol. The molecule has 0 bridgehead atoms. The van der Waals surface area contributed by atoms with Gasteiger partial charge >= 0.3 is 7.82 Å². The van der Waals surface area contributed by atoms with Crippen molar-refractivity contribution in [1.29, 1.82) is 0 Å². The van der Waals surface area contributed by atoms with Crippen LogP contribution in [0.4, 0.5) is 0 Å². The molecular formula is C14H16NO4P. The van der Waals surface area contributed by atoms with E-state index in [-0.39, 0.29) is 5.75 Å². The Hall–Kier alpha value is -1.91. The summed E-state index contributed by atoms with van der Waals surface area (Å²) in [6.45, 7) is 2.05. The Morgan fingerprint density at radius 1 is 1.35 bits per heavy atom. The Morgan fingerprint density at radius 2 is 2.05 bits per heavy atom. The molecule has 1 N–H and O–H groups in total. The van der Waals surface area contributed by atoms with E-state index in [0.29, 0.717) is 19.4 Å². The summed E-state index contributed by atoms with van der Waals surface area (Å²) in [5.41, 5.74) is 0. The van der Waals surface area contributed by atoms with Crippen LogP contribution in [0, 0.1) is 24.3 Å². The number of phosphoric acid groups is 1. The van der Waals surface area contributed by atoms with Crippen LogP contribution < -0.4 is 4.52 Å². The molecule has 0 spiro atoms. The predicted octanol–water partition coefficient (Wildman–Crippen LogP) is 2.79. The summed E-state index contributed by atoms with van der Waals surface area (Å²) in [6, 6.07) is 10.9. The fraction of sp³-hybridized carbons (Fsp3) is 0.286. The highest BCUT2D eigenvalue weighted by Crippen LogP contribution is 2.44. The molecule has 1 rings (SSSR count). The van der Waals surface area contributed by atoms with Crippen molar-refractivity contribution in [2.24, 2.45) is 0 Å². The van der Waals surface area contributed by atoms with Crippen LogP contribution in [0.15, 0.2) is 30.3 Å². The first-order valence-corrected chi connectivity index (χ1v) is 7.53. The van der Waals surface area contributed by atoms with Crippen molar-refractivity contribution in [3.05, 3.63) is 30.3 Å². The number of hydrogen-bond donors (Lipinski definition) is 1. The molecule has 1 atom stereocenters. The fourth-order valence-electron chi connectivity index (χ4n) is 1.19. The van der Waals surface area contributed by atoms with Crippen LogP contribution in [0.2, 0.25) is 0 Å². The van der Waals surface area contributed by atoms with Gasteiger partial charge in [0.25, 0.3) is 0 Å². The molecule has 0 aromatic heterocycles. The standard InChI is InChI=1S/C14H16NO4P/c1-3-5-6-10-13-15(4-2)19-20(16,17)18-14-11-8-7-9-12-14/h1,7-9,11-12H,4-6H2,2H3,(H,16,17). The van der Waals surface area contributed by atoms with Crippen LogP contribution in [-0.4, -0.2) is 16.5 Å². The van der Waals surface area contributed by atoms with Crippen LogP contribution >= 0.6 is 7.82 Å². The molecule has 0 radical (unpaired) electrons. The van der Waals surface area contributed by atoms with E-state index >= 15 is 0 Å². The number of terminal acetylenes is 1. The van der Waals surface area contributed by atoms with Crippen molar-refractivity contribution in [1.82, 2.24) is 5.06 Å². The van der Waals surface area contributed by atoms with Crippen LogP contribution in [-0.2, 0) is 9.19 Å². The Labute approximate surface area is 119 Å². The molecule has 1 unspecified atom stereocenters. The number of benzene rings is 1. The van der Waals surface area contributed by atoms with Gasteiger partial charge in [0.15, 0.2) is 0 Å². The molecule has 5 nitrogen and oxygen atoms in total. The van der Waals surface area contributed by atoms with Crippen molar-refractivity contribution >= 4 is 7.82 Å². The second-order valence-corrected chi connectivity index (χ2v) is 4.92. The third kappa shape index (κ3) is 6.31. The summed E-state index contributed by atoms with van der Waals surface area (Å²) in [6.07, 6.45) is 6.11. The molecule has 0 aliphatic carbocycles. The molecule has 0 amide bonds. The van der Waals surface area contributed by atoms with Gasteiger partial charge in [-0.2, -0.15) is 5.06 Å². The number of hydrogen-bond acceptors (Lipinski definition) is 4. The summed E-state index contributed by atoms with van der Waals surface area (Å²) < 4.78 is 21.6. The van der Waals surface area contributed by atoms with Gasteiger partial charge in [-0.1, -0.05) is 24.1 Å². The van der Waals surface area contributed by atoms with E-state index in [0.717, 1.165) is 5.06 Å². The smallest absolute Gasteiger partial charge is 0.403 e. The fourth-order valence-corrected chi connectivity index (χ4v) is 2.02. The summed E-state index contributed by atoms with van der Waals surface area (Å²) in [4.78, 5) is 9.64. The summed E-state index contributed by atoms with van der Waals surface area (Å²) in [7, 11) is -4.26. The van der Waals surface area contributed by atoms with Crippen molar-refractivity contribution in [3.8, 4) is 30.1 Å². The van der Waals surface area contributed by atoms with E-state index in [2.05, 4.69) is 17.9 Å². The summed E-state index contributed by atoms with van der Waals surface area (Å²) in [5, 5.41) is 1.06. The van der Waals surface area contributed by atoms with Crippen LogP contribution in [0.25, 0.3) is 0 Å². The SMILES string of the molecule is C#CCCC#CN(CC)OP(=O)(O)Oc1ccccc1. The quantitative estimate of drug-likeness (QED) is 0.287. The lowest BCUT2D eigenvalue weighted by atomic mass is 10.3. The summed E-state index contributed by atoms with van der Waals surface area (Å²) in [5.74, 6) is 5.44. The molecule has 0 saturated carbocycles. The van der Waals surface area contributed by atoms with E-state index < -0.39 is 7.82 Å². The molecule has 1 aromatic rings. The van der Waals surface area contributed by atoms with E-state index in [1.54, 1.807) is 37.3 Å². The van der Waals surface area contributed by atoms with Gasteiger partial charge in [0, 0.05) is 18.9 Å². The Morgan fingerprint density at radius 3 is 2.65 bits per heavy atom. The highest BCUT2D eigenvalue weighted by Gasteiger charge is 2.26. The summed E-state index contributed by atoms with van der Waals surface area (Å²) >= 11 is 0. The van der Waals surface area contributed by atoms with Crippen molar-refractivity contribution in [2.75, 3.05) is 6.54 Å². The van der Waals surface area contributed by atoms with E-state index in [1.807, 2.05) is 0 Å². The third-order valence-corrected chi connectivity index (χ3v) is 2.90. The zero-order valence-corrected chi connectivity index (χ0v) is 12.0. The largest absolute Gasteiger partial charge is 0.550 e. The normalized spacial score (nSPS) is 12.4. The number of hydroxylamine groups is 2. The molecule has 0 fully saturated rings. The zero-order chi connectivity index (χ0) is 14.8. The number of unbranched alkanes of at least 4 members (excludes halogenated alkanes) is 1. The molecule has 0 heterocycles. The minimum atomic E-state index is -4.26. The maximum Gasteiger partial charge on any atom is 0.550 e. The van der Waals surface area contributed by atoms with Gasteiger partial charge in [0.1, 0.15) is 5.75 Å².